The maximum Gasteiger partial charge on any atom is 0.253 e. The minimum atomic E-state index is 0.00395. The van der Waals surface area contributed by atoms with E-state index in [0.717, 1.165) is 18.1 Å². The van der Waals surface area contributed by atoms with Gasteiger partial charge < -0.3 is 20.3 Å². The molecular formula is C22H30N4O2. The van der Waals surface area contributed by atoms with Gasteiger partial charge in [-0.05, 0) is 35.7 Å². The summed E-state index contributed by atoms with van der Waals surface area (Å²) in [7, 11) is 5.25. The van der Waals surface area contributed by atoms with E-state index in [2.05, 4.69) is 39.9 Å². The standard InChI is InChI=1S/C22H30N4O2/c1-5-28-16-19-8-6-17(7-9-19)14-24-22(23-2)25-15-18-10-12-20(13-11-18)21(27)26(3)4/h6-13H,5,14-16H2,1-4H3,(H2,23,24,25). The molecule has 2 N–H and O–H groups in total. The van der Waals surface area contributed by atoms with Gasteiger partial charge in [-0.15, -0.1) is 0 Å². The molecule has 0 spiro atoms. The van der Waals surface area contributed by atoms with Crippen molar-refractivity contribution in [3.63, 3.8) is 0 Å². The highest BCUT2D eigenvalue weighted by molar-refractivity contribution is 5.93. The molecule has 2 rings (SSSR count). The number of hydrogen-bond donors (Lipinski definition) is 2. The van der Waals surface area contributed by atoms with Gasteiger partial charge >= 0.3 is 0 Å². The van der Waals surface area contributed by atoms with Crippen molar-refractivity contribution in [3.8, 4) is 0 Å². The van der Waals surface area contributed by atoms with Gasteiger partial charge in [0, 0.05) is 46.4 Å². The average Bonchev–Trinajstić information content (AvgIpc) is 2.73. The van der Waals surface area contributed by atoms with E-state index in [1.807, 2.05) is 31.2 Å². The minimum Gasteiger partial charge on any atom is -0.377 e. The Bertz CT molecular complexity index is 768. The highest BCUT2D eigenvalue weighted by Gasteiger charge is 2.07. The molecule has 2 aromatic rings. The number of carbonyl (C=O) groups is 1. The van der Waals surface area contributed by atoms with E-state index in [1.165, 1.54) is 11.1 Å². The third-order valence-electron chi connectivity index (χ3n) is 4.25. The second-order valence-electron chi connectivity index (χ2n) is 6.63. The summed E-state index contributed by atoms with van der Waals surface area (Å²) >= 11 is 0. The second-order valence-corrected chi connectivity index (χ2v) is 6.63. The van der Waals surface area contributed by atoms with Gasteiger partial charge in [0.15, 0.2) is 5.96 Å². The lowest BCUT2D eigenvalue weighted by Crippen LogP contribution is -2.36. The normalized spacial score (nSPS) is 11.2. The van der Waals surface area contributed by atoms with Crippen molar-refractivity contribution in [1.29, 1.82) is 0 Å². The number of benzene rings is 2. The van der Waals surface area contributed by atoms with Gasteiger partial charge in [0.05, 0.1) is 6.61 Å². The summed E-state index contributed by atoms with van der Waals surface area (Å²) in [6.07, 6.45) is 0. The molecule has 0 aliphatic heterocycles. The van der Waals surface area contributed by atoms with Crippen molar-refractivity contribution in [2.45, 2.75) is 26.6 Å². The van der Waals surface area contributed by atoms with Crippen LogP contribution in [0.1, 0.15) is 34.0 Å². The SMILES string of the molecule is CCOCc1ccc(CNC(=NC)NCc2ccc(C(=O)N(C)C)cc2)cc1. The zero-order chi connectivity index (χ0) is 20.4. The summed E-state index contributed by atoms with van der Waals surface area (Å²) in [6, 6.07) is 15.9. The first kappa shape index (κ1) is 21.4. The first-order chi connectivity index (χ1) is 13.5. The molecule has 6 nitrogen and oxygen atoms in total. The molecule has 0 saturated carbocycles. The van der Waals surface area contributed by atoms with E-state index in [0.29, 0.717) is 25.3 Å². The molecule has 0 bridgehead atoms. The monoisotopic (exact) mass is 382 g/mol. The molecule has 2 aromatic carbocycles. The van der Waals surface area contributed by atoms with Crippen LogP contribution in [0, 0.1) is 0 Å². The molecule has 28 heavy (non-hydrogen) atoms. The van der Waals surface area contributed by atoms with Crippen LogP contribution in [0.3, 0.4) is 0 Å². The van der Waals surface area contributed by atoms with E-state index in [9.17, 15) is 4.79 Å². The van der Waals surface area contributed by atoms with Crippen molar-refractivity contribution in [1.82, 2.24) is 15.5 Å². The van der Waals surface area contributed by atoms with E-state index in [-0.39, 0.29) is 5.91 Å². The quantitative estimate of drug-likeness (QED) is 0.544. The summed E-state index contributed by atoms with van der Waals surface area (Å²) in [5.41, 5.74) is 4.11. The average molecular weight is 383 g/mol. The van der Waals surface area contributed by atoms with Crippen molar-refractivity contribution < 1.29 is 9.53 Å². The lowest BCUT2D eigenvalue weighted by molar-refractivity contribution is 0.0827. The van der Waals surface area contributed by atoms with Crippen molar-refractivity contribution in [2.24, 2.45) is 4.99 Å². The Balaban J connectivity index is 1.82. The number of aliphatic imine (C=N–C) groups is 1. The highest BCUT2D eigenvalue weighted by atomic mass is 16.5. The summed E-state index contributed by atoms with van der Waals surface area (Å²) in [5.74, 6) is 0.732. The zero-order valence-electron chi connectivity index (χ0n) is 17.2. The Morgan fingerprint density at radius 3 is 1.89 bits per heavy atom. The van der Waals surface area contributed by atoms with Gasteiger partial charge in [-0.25, -0.2) is 0 Å². The van der Waals surface area contributed by atoms with Gasteiger partial charge in [-0.1, -0.05) is 36.4 Å². The van der Waals surface area contributed by atoms with E-state index in [4.69, 9.17) is 4.74 Å². The summed E-state index contributed by atoms with van der Waals surface area (Å²) < 4.78 is 5.42. The van der Waals surface area contributed by atoms with Gasteiger partial charge in [0.1, 0.15) is 0 Å². The van der Waals surface area contributed by atoms with Crippen molar-refractivity contribution >= 4 is 11.9 Å². The van der Waals surface area contributed by atoms with Crippen molar-refractivity contribution in [2.75, 3.05) is 27.7 Å². The van der Waals surface area contributed by atoms with Crippen LogP contribution in [-0.4, -0.2) is 44.5 Å². The number of nitrogens with one attached hydrogen (secondary N) is 2. The molecule has 0 aromatic heterocycles. The molecular weight excluding hydrogens is 352 g/mol. The predicted molar refractivity (Wildman–Crippen MR) is 113 cm³/mol. The largest absolute Gasteiger partial charge is 0.377 e. The number of carbonyl (C=O) groups excluding carboxylic acids is 1. The molecule has 1 amide bonds. The number of nitrogens with zero attached hydrogens (tertiary/aromatic N) is 2. The fourth-order valence-corrected chi connectivity index (χ4v) is 2.59. The molecule has 0 unspecified atom stereocenters. The minimum absolute atomic E-state index is 0.00395. The van der Waals surface area contributed by atoms with Crippen molar-refractivity contribution in [3.05, 3.63) is 70.8 Å². The van der Waals surface area contributed by atoms with Gasteiger partial charge in [-0.2, -0.15) is 0 Å². The third-order valence-corrected chi connectivity index (χ3v) is 4.25. The Kier molecular flexibility index (Phi) is 8.49. The van der Waals surface area contributed by atoms with Gasteiger partial charge in [0.25, 0.3) is 5.91 Å². The van der Waals surface area contributed by atoms with Crippen LogP contribution in [-0.2, 0) is 24.4 Å². The number of guanidine groups is 1. The molecule has 0 heterocycles. The number of hydrogen-bond acceptors (Lipinski definition) is 3. The van der Waals surface area contributed by atoms with Gasteiger partial charge in [0.2, 0.25) is 0 Å². The zero-order valence-corrected chi connectivity index (χ0v) is 17.2. The van der Waals surface area contributed by atoms with E-state index < -0.39 is 0 Å². The Morgan fingerprint density at radius 2 is 1.43 bits per heavy atom. The second kappa shape index (κ2) is 11.1. The molecule has 0 fully saturated rings. The number of amides is 1. The number of ether oxygens (including phenoxy) is 1. The molecule has 0 atom stereocenters. The first-order valence-electron chi connectivity index (χ1n) is 9.44. The smallest absolute Gasteiger partial charge is 0.253 e. The highest BCUT2D eigenvalue weighted by Crippen LogP contribution is 2.07. The predicted octanol–water partition coefficient (Wildman–Crippen LogP) is 2.79. The number of rotatable bonds is 8. The van der Waals surface area contributed by atoms with Crippen LogP contribution < -0.4 is 10.6 Å². The van der Waals surface area contributed by atoms with Crippen LogP contribution in [0.2, 0.25) is 0 Å². The van der Waals surface area contributed by atoms with E-state index >= 15 is 0 Å². The molecule has 0 aliphatic rings. The fraction of sp³-hybridized carbons (Fsp3) is 0.364. The van der Waals surface area contributed by atoms with E-state index in [1.54, 1.807) is 26.0 Å². The van der Waals surface area contributed by atoms with Gasteiger partial charge in [-0.3, -0.25) is 9.79 Å². The fourth-order valence-electron chi connectivity index (χ4n) is 2.59. The maximum absolute atomic E-state index is 11.9. The molecule has 0 saturated heterocycles. The molecule has 6 heteroatoms. The van der Waals surface area contributed by atoms with Crippen LogP contribution >= 0.6 is 0 Å². The van der Waals surface area contributed by atoms with Crippen LogP contribution in [0.25, 0.3) is 0 Å². The summed E-state index contributed by atoms with van der Waals surface area (Å²) in [5, 5.41) is 6.60. The third kappa shape index (κ3) is 6.70. The van der Waals surface area contributed by atoms with Crippen LogP contribution in [0.4, 0.5) is 0 Å². The Morgan fingerprint density at radius 1 is 0.929 bits per heavy atom. The Labute approximate surface area is 167 Å². The molecule has 0 radical (unpaired) electrons. The van der Waals surface area contributed by atoms with Crippen LogP contribution in [0.15, 0.2) is 53.5 Å². The molecule has 0 aliphatic carbocycles. The summed E-state index contributed by atoms with van der Waals surface area (Å²) in [4.78, 5) is 17.8. The topological polar surface area (TPSA) is 66.0 Å². The molecule has 150 valence electrons. The Hall–Kier alpha value is -2.86. The lowest BCUT2D eigenvalue weighted by Gasteiger charge is -2.13. The lowest BCUT2D eigenvalue weighted by atomic mass is 10.1. The maximum atomic E-state index is 11.9. The first-order valence-corrected chi connectivity index (χ1v) is 9.44. The summed E-state index contributed by atoms with van der Waals surface area (Å²) in [6.45, 7) is 4.68. The van der Waals surface area contributed by atoms with Crippen LogP contribution in [0.5, 0.6) is 0 Å².